The molecular weight excluding hydrogens is 465 g/mol. The third-order valence-corrected chi connectivity index (χ3v) is 5.02. The Morgan fingerprint density at radius 1 is 1.06 bits per heavy atom. The Kier molecular flexibility index (Phi) is 7.04. The predicted molar refractivity (Wildman–Crippen MR) is 120 cm³/mol. The number of alkyl halides is 3. The lowest BCUT2D eigenvalue weighted by Gasteiger charge is -2.14. The molecular formula is C24H21F3N4O4. The summed E-state index contributed by atoms with van der Waals surface area (Å²) in [4.78, 5) is 16.7. The van der Waals surface area contributed by atoms with E-state index in [4.69, 9.17) is 9.47 Å². The topological polar surface area (TPSA) is 109 Å². The van der Waals surface area contributed by atoms with E-state index in [1.807, 2.05) is 6.07 Å². The molecule has 0 unspecified atom stereocenters. The minimum atomic E-state index is -4.51. The number of carbonyl (C=O) groups excluding carboxylic acids is 1. The predicted octanol–water partition coefficient (Wildman–Crippen LogP) is 4.46. The molecule has 4 rings (SSSR count). The molecule has 2 aromatic carbocycles. The summed E-state index contributed by atoms with van der Waals surface area (Å²) in [6, 6.07) is 11.0. The van der Waals surface area contributed by atoms with Crippen LogP contribution in [0.25, 0.3) is 11.0 Å². The number of amides is 1. The number of benzene rings is 2. The second-order valence-electron chi connectivity index (χ2n) is 7.57. The summed E-state index contributed by atoms with van der Waals surface area (Å²) in [5.74, 6) is -0.687. The van der Waals surface area contributed by atoms with E-state index in [9.17, 15) is 23.1 Å². The number of pyridine rings is 1. The van der Waals surface area contributed by atoms with Crippen LogP contribution >= 0.6 is 0 Å². The smallest absolute Gasteiger partial charge is 0.419 e. The standard InChI is InChI=1S/C24H21F3N4O4/c25-24(26,27)18-4-1-2-5-20(18)34-9-3-8-28-23(33)16-6-7-19(32)21(11-16)35-14-15-10-17-13-30-31-22(17)29-12-15/h1-2,4-7,10-13,32H,3,8-9,14H2,(H,28,33)(H,29,30,31). The molecule has 11 heteroatoms. The molecule has 0 radical (unpaired) electrons. The number of aromatic amines is 1. The first-order valence-electron chi connectivity index (χ1n) is 10.6. The molecule has 0 aliphatic carbocycles. The van der Waals surface area contributed by atoms with E-state index >= 15 is 0 Å². The zero-order valence-corrected chi connectivity index (χ0v) is 18.3. The van der Waals surface area contributed by atoms with Gasteiger partial charge in [-0.25, -0.2) is 4.98 Å². The van der Waals surface area contributed by atoms with Crippen LogP contribution in [-0.2, 0) is 12.8 Å². The van der Waals surface area contributed by atoms with Crippen molar-refractivity contribution >= 4 is 16.9 Å². The maximum Gasteiger partial charge on any atom is 0.419 e. The fourth-order valence-electron chi connectivity index (χ4n) is 3.28. The van der Waals surface area contributed by atoms with Crippen LogP contribution in [0.4, 0.5) is 13.2 Å². The number of hydrogen-bond acceptors (Lipinski definition) is 6. The van der Waals surface area contributed by atoms with Crippen molar-refractivity contribution in [2.24, 2.45) is 0 Å². The monoisotopic (exact) mass is 486 g/mol. The third kappa shape index (κ3) is 5.99. The van der Waals surface area contributed by atoms with Gasteiger partial charge in [0.15, 0.2) is 17.1 Å². The molecule has 0 saturated heterocycles. The zero-order valence-electron chi connectivity index (χ0n) is 18.3. The molecule has 0 aliphatic rings. The van der Waals surface area contributed by atoms with Crippen molar-refractivity contribution in [1.29, 1.82) is 0 Å². The van der Waals surface area contributed by atoms with E-state index in [2.05, 4.69) is 20.5 Å². The van der Waals surface area contributed by atoms with Gasteiger partial charge in [-0.2, -0.15) is 18.3 Å². The van der Waals surface area contributed by atoms with Gasteiger partial charge in [-0.15, -0.1) is 0 Å². The summed E-state index contributed by atoms with van der Waals surface area (Å²) in [5, 5.41) is 20.2. The number of phenols is 1. The number of aromatic nitrogens is 3. The van der Waals surface area contributed by atoms with E-state index in [0.717, 1.165) is 17.0 Å². The first kappa shape index (κ1) is 23.9. The SMILES string of the molecule is O=C(NCCCOc1ccccc1C(F)(F)F)c1ccc(O)c(OCc2cnc3[nH]ncc3c2)c1. The number of fused-ring (bicyclic) bond motifs is 1. The summed E-state index contributed by atoms with van der Waals surface area (Å²) in [6.07, 6.45) is -0.966. The molecule has 8 nitrogen and oxygen atoms in total. The van der Waals surface area contributed by atoms with Gasteiger partial charge >= 0.3 is 6.18 Å². The van der Waals surface area contributed by atoms with Crippen molar-refractivity contribution in [3.63, 3.8) is 0 Å². The fourth-order valence-corrected chi connectivity index (χ4v) is 3.28. The normalized spacial score (nSPS) is 11.4. The van der Waals surface area contributed by atoms with Crippen LogP contribution in [0.1, 0.15) is 27.9 Å². The van der Waals surface area contributed by atoms with E-state index < -0.39 is 17.6 Å². The minimum absolute atomic E-state index is 0.00758. The van der Waals surface area contributed by atoms with E-state index in [1.54, 1.807) is 12.4 Å². The first-order valence-corrected chi connectivity index (χ1v) is 10.6. The van der Waals surface area contributed by atoms with Gasteiger partial charge in [0.1, 0.15) is 12.4 Å². The van der Waals surface area contributed by atoms with Gasteiger partial charge in [-0.3, -0.25) is 9.89 Å². The zero-order chi connectivity index (χ0) is 24.8. The maximum atomic E-state index is 13.0. The number of nitrogens with one attached hydrogen (secondary N) is 2. The van der Waals surface area contributed by atoms with Crippen molar-refractivity contribution in [3.8, 4) is 17.2 Å². The summed E-state index contributed by atoms with van der Waals surface area (Å²) < 4.78 is 49.9. The van der Waals surface area contributed by atoms with Crippen LogP contribution in [0.15, 0.2) is 60.9 Å². The number of carbonyl (C=O) groups is 1. The summed E-state index contributed by atoms with van der Waals surface area (Å²) >= 11 is 0. The fraction of sp³-hybridized carbons (Fsp3) is 0.208. The van der Waals surface area contributed by atoms with Crippen LogP contribution in [0.2, 0.25) is 0 Å². The molecule has 0 atom stereocenters. The highest BCUT2D eigenvalue weighted by Gasteiger charge is 2.33. The quantitative estimate of drug-likeness (QED) is 0.302. The Labute approximate surface area is 197 Å². The lowest BCUT2D eigenvalue weighted by atomic mass is 10.2. The van der Waals surface area contributed by atoms with Gasteiger partial charge in [0.05, 0.1) is 18.4 Å². The summed E-state index contributed by atoms with van der Waals surface area (Å²) in [6.45, 7) is 0.288. The molecule has 0 spiro atoms. The molecule has 3 N–H and O–H groups in total. The van der Waals surface area contributed by atoms with Gasteiger partial charge < -0.3 is 19.9 Å². The van der Waals surface area contributed by atoms with Crippen molar-refractivity contribution in [1.82, 2.24) is 20.5 Å². The van der Waals surface area contributed by atoms with Gasteiger partial charge in [0.25, 0.3) is 5.91 Å². The Bertz CT molecular complexity index is 1320. The lowest BCUT2D eigenvalue weighted by molar-refractivity contribution is -0.138. The Morgan fingerprint density at radius 2 is 1.89 bits per heavy atom. The lowest BCUT2D eigenvalue weighted by Crippen LogP contribution is -2.25. The molecule has 35 heavy (non-hydrogen) atoms. The highest BCUT2D eigenvalue weighted by molar-refractivity contribution is 5.94. The van der Waals surface area contributed by atoms with Crippen molar-refractivity contribution in [2.75, 3.05) is 13.2 Å². The van der Waals surface area contributed by atoms with Crippen LogP contribution in [0.5, 0.6) is 17.2 Å². The van der Waals surface area contributed by atoms with Crippen LogP contribution in [0, 0.1) is 0 Å². The highest BCUT2D eigenvalue weighted by atomic mass is 19.4. The average Bonchev–Trinajstić information content (AvgIpc) is 3.31. The number of rotatable bonds is 9. The Morgan fingerprint density at radius 3 is 2.71 bits per heavy atom. The van der Waals surface area contributed by atoms with Gasteiger partial charge in [-0.1, -0.05) is 12.1 Å². The number of nitrogens with zero attached hydrogens (tertiary/aromatic N) is 2. The largest absolute Gasteiger partial charge is 0.504 e. The maximum absolute atomic E-state index is 13.0. The molecule has 0 aliphatic heterocycles. The summed E-state index contributed by atoms with van der Waals surface area (Å²) in [7, 11) is 0. The number of hydrogen-bond donors (Lipinski definition) is 3. The van der Waals surface area contributed by atoms with Crippen molar-refractivity contribution in [3.05, 3.63) is 77.6 Å². The highest BCUT2D eigenvalue weighted by Crippen LogP contribution is 2.35. The second kappa shape index (κ2) is 10.3. The van der Waals surface area contributed by atoms with Crippen molar-refractivity contribution < 1.29 is 32.5 Å². The van der Waals surface area contributed by atoms with Crippen molar-refractivity contribution in [2.45, 2.75) is 19.2 Å². The van der Waals surface area contributed by atoms with E-state index in [1.165, 1.54) is 36.4 Å². The third-order valence-electron chi connectivity index (χ3n) is 5.02. The molecule has 0 bridgehead atoms. The first-order chi connectivity index (χ1) is 16.8. The van der Waals surface area contributed by atoms with Gasteiger partial charge in [-0.05, 0) is 42.8 Å². The number of para-hydroxylation sites is 1. The average molecular weight is 486 g/mol. The molecule has 0 fully saturated rings. The van der Waals surface area contributed by atoms with Gasteiger partial charge in [0, 0.05) is 29.3 Å². The summed E-state index contributed by atoms with van der Waals surface area (Å²) in [5.41, 5.74) is 0.802. The molecule has 2 aromatic heterocycles. The molecule has 2 heterocycles. The number of halogens is 3. The van der Waals surface area contributed by atoms with Crippen LogP contribution < -0.4 is 14.8 Å². The Balaban J connectivity index is 1.28. The molecule has 0 saturated carbocycles. The number of aromatic hydroxyl groups is 1. The number of ether oxygens (including phenoxy) is 2. The number of H-pyrrole nitrogens is 1. The van der Waals surface area contributed by atoms with E-state index in [-0.39, 0.29) is 42.6 Å². The number of phenolic OH excluding ortho intramolecular Hbond substituents is 1. The molecule has 4 aromatic rings. The Hall–Kier alpha value is -4.28. The van der Waals surface area contributed by atoms with Crippen LogP contribution in [-0.4, -0.2) is 39.3 Å². The van der Waals surface area contributed by atoms with Gasteiger partial charge in [0.2, 0.25) is 0 Å². The second-order valence-corrected chi connectivity index (χ2v) is 7.57. The molecule has 182 valence electrons. The minimum Gasteiger partial charge on any atom is -0.504 e. The molecule has 1 amide bonds. The van der Waals surface area contributed by atoms with Crippen LogP contribution in [0.3, 0.4) is 0 Å². The van der Waals surface area contributed by atoms with E-state index in [0.29, 0.717) is 12.1 Å².